The van der Waals surface area contributed by atoms with Crippen molar-refractivity contribution >= 4 is 71.1 Å². The number of fused-ring (bicyclic) bond motifs is 12. The Hall–Kier alpha value is -6.07. The number of benzene rings is 6. The maximum Gasteiger partial charge on any atom is 0.235 e. The molecule has 4 aromatic heterocycles. The van der Waals surface area contributed by atoms with Crippen LogP contribution in [0.25, 0.3) is 88.3 Å². The van der Waals surface area contributed by atoms with Crippen LogP contribution in [0.4, 0.5) is 0 Å². The van der Waals surface area contributed by atoms with E-state index in [9.17, 15) is 0 Å². The Balaban J connectivity index is 1.40. The van der Waals surface area contributed by atoms with E-state index in [-0.39, 0.29) is 0 Å². The number of aromatic nitrogens is 5. The molecule has 204 valence electrons. The maximum atomic E-state index is 5.28. The van der Waals surface area contributed by atoms with Gasteiger partial charge in [0, 0.05) is 32.5 Å². The van der Waals surface area contributed by atoms with Gasteiger partial charge < -0.3 is 0 Å². The largest absolute Gasteiger partial charge is 0.292 e. The standard InChI is InChI=1S/C39H23N5/c1-2-12-24(13-3-1)37-28-17-6-8-18-31(28)41-39(42-37)44-33-20-10-7-15-26(33)30-22-29-25-14-4-5-16-27(25)38-40-32-19-9-11-21-34(32)43(38)35(29)23-36(30)44/h1-23H. The minimum Gasteiger partial charge on any atom is -0.292 e. The van der Waals surface area contributed by atoms with Gasteiger partial charge in [-0.25, -0.2) is 15.0 Å². The molecule has 0 unspecified atom stereocenters. The topological polar surface area (TPSA) is 48.0 Å². The minimum absolute atomic E-state index is 0.653. The predicted molar refractivity (Wildman–Crippen MR) is 181 cm³/mol. The number of rotatable bonds is 2. The third-order valence-corrected chi connectivity index (χ3v) is 8.89. The summed E-state index contributed by atoms with van der Waals surface area (Å²) >= 11 is 0. The lowest BCUT2D eigenvalue weighted by Crippen LogP contribution is -2.03. The SMILES string of the molecule is c1ccc(-c2nc(-n3c4ccccc4c4cc5c6ccccc6c6nc7ccccc7n6c5cc43)nc3ccccc23)cc1. The van der Waals surface area contributed by atoms with E-state index >= 15 is 0 Å². The molecule has 0 amide bonds. The lowest BCUT2D eigenvalue weighted by Gasteiger charge is -2.13. The Morgan fingerprint density at radius 3 is 1.86 bits per heavy atom. The van der Waals surface area contributed by atoms with Gasteiger partial charge in [0.2, 0.25) is 5.95 Å². The fraction of sp³-hybridized carbons (Fsp3) is 0. The fourth-order valence-electron chi connectivity index (χ4n) is 6.96. The summed E-state index contributed by atoms with van der Waals surface area (Å²) in [6.07, 6.45) is 0. The van der Waals surface area contributed by atoms with Gasteiger partial charge in [-0.1, -0.05) is 103 Å². The molecule has 0 spiro atoms. The van der Waals surface area contributed by atoms with Gasteiger partial charge in [0.15, 0.2) is 0 Å². The van der Waals surface area contributed by atoms with Crippen LogP contribution in [0.1, 0.15) is 0 Å². The summed E-state index contributed by atoms with van der Waals surface area (Å²) in [5.41, 5.74) is 9.17. The van der Waals surface area contributed by atoms with Crippen LogP contribution in [0, 0.1) is 0 Å². The van der Waals surface area contributed by atoms with Gasteiger partial charge in [-0.05, 0) is 41.8 Å². The van der Waals surface area contributed by atoms with Crippen LogP contribution >= 0.6 is 0 Å². The lowest BCUT2D eigenvalue weighted by molar-refractivity contribution is 1.01. The van der Waals surface area contributed by atoms with E-state index < -0.39 is 0 Å². The van der Waals surface area contributed by atoms with Gasteiger partial charge in [-0.15, -0.1) is 0 Å². The zero-order valence-corrected chi connectivity index (χ0v) is 23.5. The molecule has 0 aliphatic rings. The van der Waals surface area contributed by atoms with E-state index in [0.29, 0.717) is 5.95 Å². The maximum absolute atomic E-state index is 5.28. The van der Waals surface area contributed by atoms with Crippen LogP contribution in [0.3, 0.4) is 0 Å². The Morgan fingerprint density at radius 2 is 1.02 bits per heavy atom. The van der Waals surface area contributed by atoms with Gasteiger partial charge in [-0.3, -0.25) is 8.97 Å². The van der Waals surface area contributed by atoms with E-state index in [1.807, 2.05) is 12.1 Å². The summed E-state index contributed by atoms with van der Waals surface area (Å²) in [7, 11) is 0. The Kier molecular flexibility index (Phi) is 4.66. The lowest BCUT2D eigenvalue weighted by atomic mass is 10.0. The van der Waals surface area contributed by atoms with Crippen LogP contribution in [0.2, 0.25) is 0 Å². The molecular weight excluding hydrogens is 538 g/mol. The van der Waals surface area contributed by atoms with Crippen LogP contribution in [-0.4, -0.2) is 23.9 Å². The molecule has 5 heteroatoms. The molecule has 0 radical (unpaired) electrons. The summed E-state index contributed by atoms with van der Waals surface area (Å²) in [5, 5.41) is 6.90. The first-order valence-corrected chi connectivity index (χ1v) is 14.8. The van der Waals surface area contributed by atoms with Crippen molar-refractivity contribution in [3.05, 3.63) is 140 Å². The smallest absolute Gasteiger partial charge is 0.235 e. The highest BCUT2D eigenvalue weighted by molar-refractivity contribution is 6.20. The molecule has 6 aromatic carbocycles. The number of imidazole rings is 1. The summed E-state index contributed by atoms with van der Waals surface area (Å²) in [5.74, 6) is 0.653. The fourth-order valence-corrected chi connectivity index (χ4v) is 6.96. The van der Waals surface area contributed by atoms with E-state index in [4.69, 9.17) is 15.0 Å². The Labute approximate surface area is 251 Å². The molecule has 0 fully saturated rings. The highest BCUT2D eigenvalue weighted by Gasteiger charge is 2.20. The van der Waals surface area contributed by atoms with Crippen molar-refractivity contribution in [1.82, 2.24) is 23.9 Å². The quantitative estimate of drug-likeness (QED) is 0.198. The molecule has 0 N–H and O–H groups in total. The predicted octanol–water partition coefficient (Wildman–Crippen LogP) is 9.50. The first-order chi connectivity index (χ1) is 21.8. The van der Waals surface area contributed by atoms with E-state index in [2.05, 4.69) is 136 Å². The first kappa shape index (κ1) is 23.5. The molecule has 0 aliphatic heterocycles. The average Bonchev–Trinajstić information content (AvgIpc) is 3.64. The van der Waals surface area contributed by atoms with Crippen molar-refractivity contribution in [2.75, 3.05) is 0 Å². The normalized spacial score (nSPS) is 12.1. The van der Waals surface area contributed by atoms with E-state index in [1.165, 1.54) is 21.5 Å². The summed E-state index contributed by atoms with van der Waals surface area (Å²) in [6.45, 7) is 0. The second-order valence-corrected chi connectivity index (χ2v) is 11.3. The Bertz CT molecular complexity index is 2770. The third kappa shape index (κ3) is 3.15. The Morgan fingerprint density at radius 1 is 0.386 bits per heavy atom. The number of hydrogen-bond donors (Lipinski definition) is 0. The van der Waals surface area contributed by atoms with Crippen molar-refractivity contribution in [2.24, 2.45) is 0 Å². The molecule has 10 rings (SSSR count). The first-order valence-electron chi connectivity index (χ1n) is 14.8. The van der Waals surface area contributed by atoms with Crippen molar-refractivity contribution in [3.8, 4) is 17.2 Å². The number of pyridine rings is 1. The minimum atomic E-state index is 0.653. The molecule has 0 atom stereocenters. The van der Waals surface area contributed by atoms with Gasteiger partial charge in [0.05, 0.1) is 38.8 Å². The van der Waals surface area contributed by atoms with Crippen molar-refractivity contribution in [2.45, 2.75) is 0 Å². The van der Waals surface area contributed by atoms with Crippen LogP contribution in [-0.2, 0) is 0 Å². The summed E-state index contributed by atoms with van der Waals surface area (Å²) in [4.78, 5) is 15.6. The third-order valence-electron chi connectivity index (χ3n) is 8.89. The molecular formula is C39H23N5. The van der Waals surface area contributed by atoms with Crippen LogP contribution in [0.15, 0.2) is 140 Å². The molecule has 0 aliphatic carbocycles. The van der Waals surface area contributed by atoms with E-state index in [0.717, 1.165) is 60.8 Å². The van der Waals surface area contributed by atoms with Gasteiger partial charge in [0.1, 0.15) is 5.65 Å². The van der Waals surface area contributed by atoms with Crippen LogP contribution < -0.4 is 0 Å². The highest BCUT2D eigenvalue weighted by Crippen LogP contribution is 2.39. The molecule has 0 saturated carbocycles. The molecule has 4 heterocycles. The number of nitrogens with zero attached hydrogens (tertiary/aromatic N) is 5. The molecule has 0 bridgehead atoms. The number of para-hydroxylation sites is 4. The highest BCUT2D eigenvalue weighted by atomic mass is 15.2. The zero-order valence-electron chi connectivity index (χ0n) is 23.5. The zero-order chi connectivity index (χ0) is 28.8. The van der Waals surface area contributed by atoms with Crippen molar-refractivity contribution in [1.29, 1.82) is 0 Å². The average molecular weight is 562 g/mol. The molecule has 44 heavy (non-hydrogen) atoms. The second-order valence-electron chi connectivity index (χ2n) is 11.3. The summed E-state index contributed by atoms with van der Waals surface area (Å²) < 4.78 is 4.54. The second kappa shape index (κ2) is 8.72. The summed E-state index contributed by atoms with van der Waals surface area (Å²) in [6, 6.07) is 48.9. The molecule has 10 aromatic rings. The molecule has 5 nitrogen and oxygen atoms in total. The number of hydrogen-bond acceptors (Lipinski definition) is 3. The van der Waals surface area contributed by atoms with Gasteiger partial charge >= 0.3 is 0 Å². The monoisotopic (exact) mass is 561 g/mol. The molecule has 0 saturated heterocycles. The van der Waals surface area contributed by atoms with Crippen molar-refractivity contribution < 1.29 is 0 Å². The van der Waals surface area contributed by atoms with Gasteiger partial charge in [0.25, 0.3) is 0 Å². The van der Waals surface area contributed by atoms with E-state index in [1.54, 1.807) is 0 Å². The van der Waals surface area contributed by atoms with Crippen molar-refractivity contribution in [3.63, 3.8) is 0 Å². The van der Waals surface area contributed by atoms with Gasteiger partial charge in [-0.2, -0.15) is 0 Å². The van der Waals surface area contributed by atoms with Crippen LogP contribution in [0.5, 0.6) is 0 Å².